The second-order valence-corrected chi connectivity index (χ2v) is 9.56. The highest BCUT2D eigenvalue weighted by Crippen LogP contribution is 2.46. The number of nitrogens with one attached hydrogen (secondary N) is 1. The number of amides is 1. The Morgan fingerprint density at radius 3 is 2.15 bits per heavy atom. The lowest BCUT2D eigenvalue weighted by atomic mass is 9.89. The molecular weight excluding hydrogens is 526 g/mol. The Labute approximate surface area is 230 Å². The smallest absolute Gasteiger partial charge is 0.252 e. The van der Waals surface area contributed by atoms with Crippen LogP contribution in [0, 0.1) is 0 Å². The monoisotopic (exact) mass is 559 g/mol. The minimum atomic E-state index is -1.75. The molecule has 0 saturated carbocycles. The molecule has 0 radical (unpaired) electrons. The first-order chi connectivity index (χ1) is 19.1. The predicted octanol–water partition coefficient (Wildman–Crippen LogP) is 1.54. The number of methoxy groups -OCH3 is 4. The first-order valence-corrected chi connectivity index (χ1v) is 12.5. The lowest BCUT2D eigenvalue weighted by Gasteiger charge is -2.40. The van der Waals surface area contributed by atoms with Gasteiger partial charge in [-0.15, -0.1) is 0 Å². The molecule has 12 nitrogen and oxygen atoms in total. The van der Waals surface area contributed by atoms with Gasteiger partial charge in [-0.1, -0.05) is 0 Å². The Hall–Kier alpha value is -3.84. The fourth-order valence-electron chi connectivity index (χ4n) is 4.76. The normalized spacial score (nSPS) is 22.7. The van der Waals surface area contributed by atoms with Crippen LogP contribution in [0.25, 0.3) is 22.3 Å². The van der Waals surface area contributed by atoms with Gasteiger partial charge >= 0.3 is 0 Å². The van der Waals surface area contributed by atoms with Gasteiger partial charge in [0.2, 0.25) is 0 Å². The van der Waals surface area contributed by atoms with Gasteiger partial charge in [-0.05, 0) is 32.0 Å². The fraction of sp³-hybridized carbons (Fsp3) is 0.429. The van der Waals surface area contributed by atoms with Crippen LogP contribution in [0.2, 0.25) is 0 Å². The van der Waals surface area contributed by atoms with E-state index in [0.29, 0.717) is 17.1 Å². The largest absolute Gasteiger partial charge is 0.496 e. The molecule has 4 N–H and O–H groups in total. The summed E-state index contributed by atoms with van der Waals surface area (Å²) < 4.78 is 33.7. The molecule has 0 bridgehead atoms. The third-order valence-corrected chi connectivity index (χ3v) is 6.65. The zero-order valence-electron chi connectivity index (χ0n) is 23.0. The summed E-state index contributed by atoms with van der Waals surface area (Å²) in [5, 5.41) is 34.7. The van der Waals surface area contributed by atoms with Gasteiger partial charge in [0.05, 0.1) is 34.0 Å². The second-order valence-electron chi connectivity index (χ2n) is 9.56. The molecule has 12 heteroatoms. The van der Waals surface area contributed by atoms with E-state index in [-0.39, 0.29) is 39.8 Å². The molecule has 4 rings (SSSR count). The Bertz CT molecular complexity index is 1450. The van der Waals surface area contributed by atoms with E-state index in [1.807, 2.05) is 0 Å². The Morgan fingerprint density at radius 2 is 1.55 bits per heavy atom. The summed E-state index contributed by atoms with van der Waals surface area (Å²) in [4.78, 5) is 26.2. The zero-order chi connectivity index (χ0) is 29.3. The summed E-state index contributed by atoms with van der Waals surface area (Å²) in [5.74, 6) is 0.532. The van der Waals surface area contributed by atoms with E-state index in [1.165, 1.54) is 40.6 Å². The lowest BCUT2D eigenvalue weighted by molar-refractivity contribution is -0.223. The maximum Gasteiger partial charge on any atom is 0.252 e. The highest BCUT2D eigenvalue weighted by molar-refractivity contribution is 5.89. The molecule has 2 aromatic carbocycles. The summed E-state index contributed by atoms with van der Waals surface area (Å²) in [6.45, 7) is 3.45. The second kappa shape index (κ2) is 11.7. The Kier molecular flexibility index (Phi) is 8.54. The lowest BCUT2D eigenvalue weighted by Crippen LogP contribution is -2.59. The number of rotatable bonds is 8. The molecule has 1 aliphatic rings. The molecule has 0 aliphatic carbocycles. The van der Waals surface area contributed by atoms with E-state index >= 15 is 0 Å². The predicted molar refractivity (Wildman–Crippen MR) is 143 cm³/mol. The van der Waals surface area contributed by atoms with Gasteiger partial charge in [0.15, 0.2) is 23.0 Å². The van der Waals surface area contributed by atoms with Gasteiger partial charge in [-0.2, -0.15) is 0 Å². The van der Waals surface area contributed by atoms with Gasteiger partial charge in [0.25, 0.3) is 5.91 Å². The van der Waals surface area contributed by atoms with Crippen LogP contribution in [0.15, 0.2) is 39.5 Å². The van der Waals surface area contributed by atoms with Crippen LogP contribution < -0.4 is 29.7 Å². The summed E-state index contributed by atoms with van der Waals surface area (Å²) in [7, 11) is 5.66. The number of hydrogen-bond donors (Lipinski definition) is 4. The van der Waals surface area contributed by atoms with Crippen molar-refractivity contribution in [2.75, 3.05) is 28.4 Å². The summed E-state index contributed by atoms with van der Waals surface area (Å²) >= 11 is 0. The Balaban J connectivity index is 1.88. The zero-order valence-corrected chi connectivity index (χ0v) is 23.0. The summed E-state index contributed by atoms with van der Waals surface area (Å²) in [5.41, 5.74) is 0.228. The van der Waals surface area contributed by atoms with Crippen molar-refractivity contribution in [2.45, 2.75) is 50.4 Å². The number of ether oxygens (including phenoxy) is 5. The number of fused-ring (bicyclic) bond motifs is 1. The van der Waals surface area contributed by atoms with Gasteiger partial charge in [0, 0.05) is 23.7 Å². The molecular formula is C28H33NO11. The van der Waals surface area contributed by atoms with Crippen molar-refractivity contribution in [1.82, 2.24) is 5.32 Å². The van der Waals surface area contributed by atoms with Gasteiger partial charge in [-0.25, -0.2) is 0 Å². The maximum absolute atomic E-state index is 13.5. The van der Waals surface area contributed by atoms with Crippen LogP contribution in [0.5, 0.6) is 23.0 Å². The molecule has 5 atom stereocenters. The molecule has 1 saturated heterocycles. The molecule has 2 heterocycles. The van der Waals surface area contributed by atoms with E-state index in [4.69, 9.17) is 28.1 Å². The average Bonchev–Trinajstić information content (AvgIpc) is 2.94. The van der Waals surface area contributed by atoms with E-state index in [0.717, 1.165) is 0 Å². The van der Waals surface area contributed by atoms with Crippen LogP contribution in [0.1, 0.15) is 25.5 Å². The number of aliphatic hydroxyl groups excluding tert-OH is 3. The van der Waals surface area contributed by atoms with Crippen LogP contribution in [0.4, 0.5) is 0 Å². The molecule has 1 aliphatic heterocycles. The SMILES string of the molecule is COc1ccc(-c2cc(=O)c3c(OC)c(C4OC(C(=O)NC(C)C)C(O)C(O)C4O)c(OC)cc3o2)cc1OC. The molecule has 3 aromatic rings. The topological polar surface area (TPSA) is 166 Å². The first-order valence-electron chi connectivity index (χ1n) is 12.5. The number of carbonyl (C=O) groups excluding carboxylic acids is 1. The highest BCUT2D eigenvalue weighted by atomic mass is 16.5. The summed E-state index contributed by atoms with van der Waals surface area (Å²) in [6, 6.07) is 7.46. The number of hydrogen-bond acceptors (Lipinski definition) is 11. The van der Waals surface area contributed by atoms with Crippen molar-refractivity contribution in [3.8, 4) is 34.3 Å². The van der Waals surface area contributed by atoms with Crippen molar-refractivity contribution in [2.24, 2.45) is 0 Å². The minimum Gasteiger partial charge on any atom is -0.496 e. The molecule has 1 amide bonds. The van der Waals surface area contributed by atoms with Crippen molar-refractivity contribution in [3.63, 3.8) is 0 Å². The molecule has 0 spiro atoms. The minimum absolute atomic E-state index is 0.0159. The van der Waals surface area contributed by atoms with Crippen molar-refractivity contribution < 1.29 is 48.2 Å². The highest BCUT2D eigenvalue weighted by Gasteiger charge is 2.49. The van der Waals surface area contributed by atoms with E-state index < -0.39 is 41.9 Å². The van der Waals surface area contributed by atoms with E-state index in [1.54, 1.807) is 32.0 Å². The van der Waals surface area contributed by atoms with Gasteiger partial charge in [-0.3, -0.25) is 9.59 Å². The van der Waals surface area contributed by atoms with E-state index in [9.17, 15) is 24.9 Å². The van der Waals surface area contributed by atoms with E-state index in [2.05, 4.69) is 5.32 Å². The maximum atomic E-state index is 13.5. The van der Waals surface area contributed by atoms with Crippen LogP contribution in [-0.4, -0.2) is 80.1 Å². The standard InChI is InChI=1S/C28H33NO11/c1-12(2)29-28(34)27-24(33)22(31)23(32)26(40-27)21-18(37-5)11-19-20(25(21)38-6)14(30)10-16(39-19)13-7-8-15(35-3)17(9-13)36-4/h7-12,22-24,26-27,31-33H,1-6H3,(H,29,34). The van der Waals surface area contributed by atoms with Crippen LogP contribution >= 0.6 is 0 Å². The van der Waals surface area contributed by atoms with Crippen molar-refractivity contribution >= 4 is 16.9 Å². The quantitative estimate of drug-likeness (QED) is 0.316. The number of carbonyl (C=O) groups is 1. The fourth-order valence-corrected chi connectivity index (χ4v) is 4.76. The van der Waals surface area contributed by atoms with Crippen LogP contribution in [0.3, 0.4) is 0 Å². The first kappa shape index (κ1) is 29.2. The summed E-state index contributed by atoms with van der Waals surface area (Å²) in [6.07, 6.45) is -8.11. The van der Waals surface area contributed by atoms with Crippen molar-refractivity contribution in [1.29, 1.82) is 0 Å². The Morgan fingerprint density at radius 1 is 0.875 bits per heavy atom. The molecule has 40 heavy (non-hydrogen) atoms. The molecule has 1 fully saturated rings. The third-order valence-electron chi connectivity index (χ3n) is 6.65. The molecule has 5 unspecified atom stereocenters. The number of benzene rings is 2. The van der Waals surface area contributed by atoms with Crippen LogP contribution in [-0.2, 0) is 9.53 Å². The third kappa shape index (κ3) is 5.18. The molecule has 1 aromatic heterocycles. The van der Waals surface area contributed by atoms with Gasteiger partial charge < -0.3 is 48.7 Å². The number of aliphatic hydroxyl groups is 3. The molecule has 216 valence electrons. The van der Waals surface area contributed by atoms with Gasteiger partial charge in [0.1, 0.15) is 52.6 Å². The van der Waals surface area contributed by atoms with Crippen molar-refractivity contribution in [3.05, 3.63) is 46.1 Å². The average molecular weight is 560 g/mol.